The molecule has 4 rings (SSSR count). The van der Waals surface area contributed by atoms with E-state index in [1.165, 1.54) is 0 Å². The zero-order valence-corrected chi connectivity index (χ0v) is 15.2. The number of rotatable bonds is 4. The molecule has 8 heteroatoms. The Morgan fingerprint density at radius 2 is 1.71 bits per heavy atom. The van der Waals surface area contributed by atoms with E-state index in [-0.39, 0.29) is 0 Å². The highest BCUT2D eigenvalue weighted by molar-refractivity contribution is 5.93. The van der Waals surface area contributed by atoms with Crippen LogP contribution < -0.4 is 24.3 Å². The van der Waals surface area contributed by atoms with Crippen molar-refractivity contribution in [2.45, 2.75) is 19.1 Å². The molecule has 146 valence electrons. The third-order valence-electron chi connectivity index (χ3n) is 4.25. The number of nitrogens with one attached hydrogen (secondary N) is 1. The molecule has 1 N–H and O–H groups in total. The van der Waals surface area contributed by atoms with Crippen LogP contribution in [-0.2, 0) is 14.3 Å². The Morgan fingerprint density at radius 1 is 1.00 bits per heavy atom. The first-order valence-electron chi connectivity index (χ1n) is 8.88. The quantitative estimate of drug-likeness (QED) is 0.807. The van der Waals surface area contributed by atoms with E-state index in [0.29, 0.717) is 41.9 Å². The number of esters is 1. The molecule has 0 spiro atoms. The molecule has 1 amide bonds. The van der Waals surface area contributed by atoms with Crippen molar-refractivity contribution in [3.8, 4) is 23.0 Å². The number of hydrogen-bond acceptors (Lipinski definition) is 7. The van der Waals surface area contributed by atoms with Gasteiger partial charge in [0, 0.05) is 11.8 Å². The van der Waals surface area contributed by atoms with Crippen molar-refractivity contribution in [3.05, 3.63) is 42.5 Å². The van der Waals surface area contributed by atoms with Crippen LogP contribution in [0.2, 0.25) is 0 Å². The van der Waals surface area contributed by atoms with Gasteiger partial charge >= 0.3 is 5.97 Å². The number of carbonyl (C=O) groups excluding carboxylic acids is 2. The van der Waals surface area contributed by atoms with Crippen LogP contribution in [0.5, 0.6) is 23.0 Å². The monoisotopic (exact) mass is 385 g/mol. The lowest BCUT2D eigenvalue weighted by atomic mass is 10.2. The predicted molar refractivity (Wildman–Crippen MR) is 98.0 cm³/mol. The van der Waals surface area contributed by atoms with Crippen molar-refractivity contribution in [2.75, 3.05) is 25.1 Å². The van der Waals surface area contributed by atoms with E-state index in [1.807, 2.05) is 6.07 Å². The molecule has 2 atom stereocenters. The lowest BCUT2D eigenvalue weighted by Crippen LogP contribution is -2.45. The fourth-order valence-electron chi connectivity index (χ4n) is 2.92. The summed E-state index contributed by atoms with van der Waals surface area (Å²) in [5.41, 5.74) is 0.518. The minimum absolute atomic E-state index is 0.443. The Bertz CT molecular complexity index is 898. The second kappa shape index (κ2) is 7.67. The Balaban J connectivity index is 1.32. The van der Waals surface area contributed by atoms with Crippen LogP contribution in [0.25, 0.3) is 0 Å². The molecule has 0 bridgehead atoms. The van der Waals surface area contributed by atoms with Gasteiger partial charge < -0.3 is 29.0 Å². The smallest absolute Gasteiger partial charge is 0.351 e. The number of anilines is 1. The molecule has 28 heavy (non-hydrogen) atoms. The van der Waals surface area contributed by atoms with Crippen molar-refractivity contribution >= 4 is 17.6 Å². The van der Waals surface area contributed by atoms with Crippen molar-refractivity contribution in [1.82, 2.24) is 0 Å². The number of hydrogen-bond donors (Lipinski definition) is 1. The number of carbonyl (C=O) groups is 2. The first kappa shape index (κ1) is 18.0. The summed E-state index contributed by atoms with van der Waals surface area (Å²) in [7, 11) is 0. The largest absolute Gasteiger partial charge is 0.486 e. The topological polar surface area (TPSA) is 92.3 Å². The van der Waals surface area contributed by atoms with Gasteiger partial charge in [-0.1, -0.05) is 12.1 Å². The van der Waals surface area contributed by atoms with Crippen LogP contribution in [0.4, 0.5) is 5.69 Å². The molecule has 0 radical (unpaired) electrons. The number of fused-ring (bicyclic) bond motifs is 2. The van der Waals surface area contributed by atoms with E-state index in [9.17, 15) is 9.59 Å². The highest BCUT2D eigenvalue weighted by atomic mass is 16.6. The van der Waals surface area contributed by atoms with Gasteiger partial charge in [-0.25, -0.2) is 4.79 Å². The zero-order valence-electron chi connectivity index (χ0n) is 15.2. The van der Waals surface area contributed by atoms with Gasteiger partial charge in [-0.05, 0) is 31.2 Å². The molecule has 2 unspecified atom stereocenters. The van der Waals surface area contributed by atoms with E-state index < -0.39 is 30.7 Å². The maximum Gasteiger partial charge on any atom is 0.351 e. The van der Waals surface area contributed by atoms with Crippen molar-refractivity contribution in [2.24, 2.45) is 0 Å². The maximum absolute atomic E-state index is 12.3. The summed E-state index contributed by atoms with van der Waals surface area (Å²) in [6.45, 7) is 2.20. The van der Waals surface area contributed by atoms with E-state index in [0.717, 1.165) is 0 Å². The van der Waals surface area contributed by atoms with E-state index in [2.05, 4.69) is 5.32 Å². The van der Waals surface area contributed by atoms with Gasteiger partial charge in [0.1, 0.15) is 19.3 Å². The highest BCUT2D eigenvalue weighted by Gasteiger charge is 2.35. The van der Waals surface area contributed by atoms with Crippen molar-refractivity contribution in [1.29, 1.82) is 0 Å². The van der Waals surface area contributed by atoms with E-state index >= 15 is 0 Å². The molecule has 2 heterocycles. The van der Waals surface area contributed by atoms with Crippen LogP contribution in [0.1, 0.15) is 6.92 Å². The average Bonchev–Trinajstić information content (AvgIpc) is 2.71. The van der Waals surface area contributed by atoms with Crippen molar-refractivity contribution < 1.29 is 33.3 Å². The van der Waals surface area contributed by atoms with Gasteiger partial charge in [0.05, 0.1) is 0 Å². The molecule has 2 aromatic carbocycles. The number of para-hydroxylation sites is 2. The second-order valence-electron chi connectivity index (χ2n) is 6.32. The average molecular weight is 385 g/mol. The Hall–Kier alpha value is -3.42. The molecule has 2 aromatic rings. The lowest BCUT2D eigenvalue weighted by Gasteiger charge is -2.30. The molecular formula is C20H19NO7. The molecule has 2 aliphatic heterocycles. The summed E-state index contributed by atoms with van der Waals surface area (Å²) in [4.78, 5) is 24.4. The van der Waals surface area contributed by atoms with Crippen LogP contribution in [-0.4, -0.2) is 43.9 Å². The summed E-state index contributed by atoms with van der Waals surface area (Å²) in [5, 5.41) is 2.65. The number of amides is 1. The molecule has 0 saturated heterocycles. The standard InChI is InChI=1S/C20H19NO7/c1-12-19(28-16-5-3-2-4-15(16)27-12)20(23)26-11-18(22)21-13-6-7-14-17(10-13)25-9-8-24-14/h2-7,10,12,19H,8-9,11H2,1H3,(H,21,22). The maximum atomic E-state index is 12.3. The number of ether oxygens (including phenoxy) is 5. The minimum atomic E-state index is -0.947. The van der Waals surface area contributed by atoms with Gasteiger partial charge in [-0.3, -0.25) is 4.79 Å². The Labute approximate surface area is 161 Å². The Kier molecular flexibility index (Phi) is 4.92. The highest BCUT2D eigenvalue weighted by Crippen LogP contribution is 2.34. The van der Waals surface area contributed by atoms with Gasteiger partial charge in [0.25, 0.3) is 5.91 Å². The first-order chi connectivity index (χ1) is 13.6. The summed E-state index contributed by atoms with van der Waals surface area (Å²) >= 11 is 0. The van der Waals surface area contributed by atoms with Gasteiger partial charge in [-0.2, -0.15) is 0 Å². The molecular weight excluding hydrogens is 366 g/mol. The lowest BCUT2D eigenvalue weighted by molar-refractivity contribution is -0.159. The van der Waals surface area contributed by atoms with Gasteiger partial charge in [-0.15, -0.1) is 0 Å². The molecule has 8 nitrogen and oxygen atoms in total. The molecule has 0 aromatic heterocycles. The zero-order chi connectivity index (χ0) is 19.5. The molecule has 0 saturated carbocycles. The third kappa shape index (κ3) is 3.80. The molecule has 2 aliphatic rings. The van der Waals surface area contributed by atoms with Crippen LogP contribution in [0.3, 0.4) is 0 Å². The van der Waals surface area contributed by atoms with Crippen molar-refractivity contribution in [3.63, 3.8) is 0 Å². The Morgan fingerprint density at radius 3 is 2.50 bits per heavy atom. The summed E-state index contributed by atoms with van der Waals surface area (Å²) in [6.07, 6.45) is -1.49. The van der Waals surface area contributed by atoms with Gasteiger partial charge in [0.15, 0.2) is 29.6 Å². The summed E-state index contributed by atoms with van der Waals surface area (Å²) in [6, 6.07) is 12.1. The SMILES string of the molecule is CC1Oc2ccccc2OC1C(=O)OCC(=O)Nc1ccc2c(c1)OCCO2. The third-order valence-corrected chi connectivity index (χ3v) is 4.25. The summed E-state index contributed by atoms with van der Waals surface area (Å²) < 4.78 is 27.3. The van der Waals surface area contributed by atoms with E-state index in [4.69, 9.17) is 23.7 Å². The number of benzene rings is 2. The normalized spacial score (nSPS) is 19.5. The first-order valence-corrected chi connectivity index (χ1v) is 8.88. The van der Waals surface area contributed by atoms with Crippen LogP contribution >= 0.6 is 0 Å². The molecule has 0 fully saturated rings. The fraction of sp³-hybridized carbons (Fsp3) is 0.300. The fourth-order valence-corrected chi connectivity index (χ4v) is 2.92. The molecule has 0 aliphatic carbocycles. The van der Waals surface area contributed by atoms with Gasteiger partial charge in [0.2, 0.25) is 6.10 Å². The van der Waals surface area contributed by atoms with E-state index in [1.54, 1.807) is 43.3 Å². The van der Waals surface area contributed by atoms with Crippen LogP contribution in [0.15, 0.2) is 42.5 Å². The summed E-state index contributed by atoms with van der Waals surface area (Å²) in [5.74, 6) is 1.06. The second-order valence-corrected chi connectivity index (χ2v) is 6.32. The minimum Gasteiger partial charge on any atom is -0.486 e. The van der Waals surface area contributed by atoms with Crippen LogP contribution in [0, 0.1) is 0 Å². The predicted octanol–water partition coefficient (Wildman–Crippen LogP) is 2.17.